The van der Waals surface area contributed by atoms with Gasteiger partial charge in [0.25, 0.3) is 0 Å². The number of aromatic nitrogens is 3. The van der Waals surface area contributed by atoms with Gasteiger partial charge in [-0.05, 0) is 74.7 Å². The van der Waals surface area contributed by atoms with E-state index in [4.69, 9.17) is 19.4 Å². The number of aromatic carboxylic acids is 1. The predicted octanol–water partition coefficient (Wildman–Crippen LogP) is 6.03. The molecule has 2 saturated heterocycles. The molecule has 0 unspecified atom stereocenters. The predicted molar refractivity (Wildman–Crippen MR) is 164 cm³/mol. The maximum absolute atomic E-state index is 14.7. The normalized spacial score (nSPS) is 18.4. The van der Waals surface area contributed by atoms with E-state index < -0.39 is 5.97 Å². The Hall–Kier alpha value is -4.33. The molecule has 232 valence electrons. The van der Waals surface area contributed by atoms with Gasteiger partial charge in [-0.3, -0.25) is 4.90 Å². The highest BCUT2D eigenvalue weighted by Gasteiger charge is 2.43. The van der Waals surface area contributed by atoms with Crippen LogP contribution in [-0.2, 0) is 24.4 Å². The molecule has 0 atom stereocenters. The van der Waals surface area contributed by atoms with E-state index in [0.717, 1.165) is 66.9 Å². The van der Waals surface area contributed by atoms with Crippen molar-refractivity contribution in [1.82, 2.24) is 19.4 Å². The van der Waals surface area contributed by atoms with Gasteiger partial charge in [0.1, 0.15) is 18.2 Å². The number of carbonyl (C=O) groups is 1. The highest BCUT2D eigenvalue weighted by molar-refractivity contribution is 5.92. The molecule has 9 nitrogen and oxygen atoms in total. The second kappa shape index (κ2) is 12.2. The molecule has 0 spiro atoms. The van der Waals surface area contributed by atoms with E-state index in [9.17, 15) is 19.6 Å². The number of halogens is 1. The summed E-state index contributed by atoms with van der Waals surface area (Å²) in [5, 5.41) is 19.0. The SMILES string of the molecule is N#CCC1(Cn2c(CN3CCC(c4cccc(OCc5ccc(C6COC6)cc5F)n4)CC3)nc3ccc(C(=O)O)cc32)CC1. The van der Waals surface area contributed by atoms with Crippen molar-refractivity contribution in [2.45, 2.75) is 63.6 Å². The summed E-state index contributed by atoms with van der Waals surface area (Å²) in [4.78, 5) is 23.8. The van der Waals surface area contributed by atoms with Crippen molar-refractivity contribution in [2.75, 3.05) is 26.3 Å². The number of nitriles is 1. The van der Waals surface area contributed by atoms with E-state index >= 15 is 0 Å². The van der Waals surface area contributed by atoms with Gasteiger partial charge in [0.2, 0.25) is 5.88 Å². The van der Waals surface area contributed by atoms with Gasteiger partial charge in [-0.2, -0.15) is 5.26 Å². The average molecular weight is 610 g/mol. The van der Waals surface area contributed by atoms with Crippen LogP contribution in [0.5, 0.6) is 5.88 Å². The number of likely N-dealkylation sites (tertiary alicyclic amines) is 1. The Morgan fingerprint density at radius 2 is 1.91 bits per heavy atom. The molecule has 45 heavy (non-hydrogen) atoms. The Labute approximate surface area is 261 Å². The molecule has 1 aliphatic carbocycles. The smallest absolute Gasteiger partial charge is 0.335 e. The number of imidazole rings is 1. The van der Waals surface area contributed by atoms with Crippen molar-refractivity contribution >= 4 is 17.0 Å². The first-order chi connectivity index (χ1) is 21.9. The lowest BCUT2D eigenvalue weighted by atomic mass is 9.93. The fourth-order valence-corrected chi connectivity index (χ4v) is 6.51. The lowest BCUT2D eigenvalue weighted by Gasteiger charge is -2.31. The number of carboxylic acids is 1. The molecule has 2 aliphatic heterocycles. The molecule has 4 heterocycles. The van der Waals surface area contributed by atoms with Crippen LogP contribution < -0.4 is 4.74 Å². The number of ether oxygens (including phenoxy) is 2. The molecule has 2 aromatic heterocycles. The standard InChI is InChI=1S/C35H36FN5O4/c36-28-16-24(27-19-44-20-27)4-5-26(28)21-45-33-3-1-2-29(39-33)23-8-14-40(15-9-23)18-32-38-30-7-6-25(34(42)43)17-31(30)41(32)22-35(10-11-35)12-13-37/h1-7,16-17,23,27H,8-12,14-15,18-22H2,(H,42,43). The Morgan fingerprint density at radius 1 is 1.09 bits per heavy atom. The van der Waals surface area contributed by atoms with E-state index in [0.29, 0.717) is 44.2 Å². The first-order valence-electron chi connectivity index (χ1n) is 15.7. The minimum absolute atomic E-state index is 0.0528. The number of hydrogen-bond donors (Lipinski definition) is 1. The van der Waals surface area contributed by atoms with Crippen LogP contribution in [0.2, 0.25) is 0 Å². The fraction of sp³-hybridized carbons (Fsp3) is 0.429. The van der Waals surface area contributed by atoms with Crippen molar-refractivity contribution < 1.29 is 23.8 Å². The molecular formula is C35H36FN5O4. The summed E-state index contributed by atoms with van der Waals surface area (Å²) in [7, 11) is 0. The molecule has 0 radical (unpaired) electrons. The zero-order chi connectivity index (χ0) is 31.0. The second-order valence-corrected chi connectivity index (χ2v) is 12.8. The highest BCUT2D eigenvalue weighted by Crippen LogP contribution is 2.50. The molecule has 0 amide bonds. The Morgan fingerprint density at radius 3 is 2.60 bits per heavy atom. The maximum Gasteiger partial charge on any atom is 0.335 e. The van der Waals surface area contributed by atoms with Gasteiger partial charge >= 0.3 is 5.97 Å². The first-order valence-corrected chi connectivity index (χ1v) is 15.7. The molecule has 10 heteroatoms. The van der Waals surface area contributed by atoms with E-state index in [1.807, 2.05) is 24.3 Å². The Bertz CT molecular complexity index is 1770. The number of benzene rings is 2. The van der Waals surface area contributed by atoms with E-state index in [1.54, 1.807) is 30.3 Å². The maximum atomic E-state index is 14.7. The topological polar surface area (TPSA) is 114 Å². The summed E-state index contributed by atoms with van der Waals surface area (Å²) in [6, 6.07) is 18.5. The summed E-state index contributed by atoms with van der Waals surface area (Å²) < 4.78 is 28.0. The molecule has 1 N–H and O–H groups in total. The van der Waals surface area contributed by atoms with Crippen LogP contribution in [0.15, 0.2) is 54.6 Å². The van der Waals surface area contributed by atoms with Crippen LogP contribution in [0.1, 0.15) is 76.9 Å². The zero-order valence-electron chi connectivity index (χ0n) is 25.1. The summed E-state index contributed by atoms with van der Waals surface area (Å²) in [5.41, 5.74) is 4.23. The van der Waals surface area contributed by atoms with Crippen molar-refractivity contribution in [3.8, 4) is 11.9 Å². The summed E-state index contributed by atoms with van der Waals surface area (Å²) in [5.74, 6) is 0.730. The molecule has 4 aromatic rings. The highest BCUT2D eigenvalue weighted by atomic mass is 19.1. The number of rotatable bonds is 11. The Balaban J connectivity index is 0.998. The monoisotopic (exact) mass is 609 g/mol. The van der Waals surface area contributed by atoms with Gasteiger partial charge in [-0.25, -0.2) is 19.2 Å². The second-order valence-electron chi connectivity index (χ2n) is 12.8. The van der Waals surface area contributed by atoms with Gasteiger partial charge in [0.15, 0.2) is 0 Å². The van der Waals surface area contributed by atoms with Crippen molar-refractivity contribution in [2.24, 2.45) is 5.41 Å². The van der Waals surface area contributed by atoms with Gasteiger partial charge in [-0.1, -0.05) is 18.2 Å². The number of hydrogen-bond acceptors (Lipinski definition) is 7. The van der Waals surface area contributed by atoms with Gasteiger partial charge in [0.05, 0.1) is 42.4 Å². The fourth-order valence-electron chi connectivity index (χ4n) is 6.51. The third kappa shape index (κ3) is 6.28. The van der Waals surface area contributed by atoms with Crippen molar-refractivity contribution in [3.63, 3.8) is 0 Å². The zero-order valence-corrected chi connectivity index (χ0v) is 25.1. The number of fused-ring (bicyclic) bond motifs is 1. The Kier molecular flexibility index (Phi) is 7.98. The molecular weight excluding hydrogens is 573 g/mol. The van der Waals surface area contributed by atoms with Gasteiger partial charge in [0, 0.05) is 47.5 Å². The number of piperidine rings is 1. The minimum Gasteiger partial charge on any atom is -0.478 e. The van der Waals surface area contributed by atoms with Crippen LogP contribution in [0.4, 0.5) is 4.39 Å². The lowest BCUT2D eigenvalue weighted by molar-refractivity contribution is 0.00830. The average Bonchev–Trinajstić information content (AvgIpc) is 3.70. The van der Waals surface area contributed by atoms with Crippen molar-refractivity contribution in [1.29, 1.82) is 5.26 Å². The number of carboxylic acid groups (broad SMARTS) is 1. The molecule has 2 aromatic carbocycles. The molecule has 3 aliphatic rings. The summed E-state index contributed by atoms with van der Waals surface area (Å²) >= 11 is 0. The van der Waals surface area contributed by atoms with Gasteiger partial charge in [-0.15, -0.1) is 0 Å². The molecule has 0 bridgehead atoms. The largest absolute Gasteiger partial charge is 0.478 e. The van der Waals surface area contributed by atoms with Crippen LogP contribution in [0.3, 0.4) is 0 Å². The third-order valence-electron chi connectivity index (χ3n) is 9.66. The van der Waals surface area contributed by atoms with E-state index in [2.05, 4.69) is 15.5 Å². The number of nitrogens with zero attached hydrogens (tertiary/aromatic N) is 5. The third-order valence-corrected chi connectivity index (χ3v) is 9.66. The molecule has 1 saturated carbocycles. The van der Waals surface area contributed by atoms with Crippen molar-refractivity contribution in [3.05, 3.63) is 88.6 Å². The molecule has 7 rings (SSSR count). The van der Waals surface area contributed by atoms with E-state index in [1.165, 1.54) is 0 Å². The summed E-state index contributed by atoms with van der Waals surface area (Å²) in [6.45, 7) is 4.47. The van der Waals surface area contributed by atoms with E-state index in [-0.39, 0.29) is 35.2 Å². The van der Waals surface area contributed by atoms with Crippen LogP contribution in [0.25, 0.3) is 11.0 Å². The number of pyridine rings is 1. The van der Waals surface area contributed by atoms with Gasteiger partial charge < -0.3 is 19.1 Å². The summed E-state index contributed by atoms with van der Waals surface area (Å²) in [6.07, 6.45) is 4.34. The molecule has 3 fully saturated rings. The van der Waals surface area contributed by atoms with Crippen LogP contribution in [0, 0.1) is 22.6 Å². The van der Waals surface area contributed by atoms with Crippen LogP contribution >= 0.6 is 0 Å². The lowest BCUT2D eigenvalue weighted by Crippen LogP contribution is -2.34. The van der Waals surface area contributed by atoms with Crippen LogP contribution in [-0.4, -0.2) is 56.8 Å². The first kappa shape index (κ1) is 29.4. The quantitative estimate of drug-likeness (QED) is 0.219. The minimum atomic E-state index is -0.963.